The van der Waals surface area contributed by atoms with Gasteiger partial charge in [0.15, 0.2) is 5.82 Å². The van der Waals surface area contributed by atoms with Crippen LogP contribution in [0.5, 0.6) is 5.88 Å². The van der Waals surface area contributed by atoms with Crippen LogP contribution in [-0.4, -0.2) is 31.8 Å². The first kappa shape index (κ1) is 18.5. The van der Waals surface area contributed by atoms with E-state index >= 15 is 0 Å². The molecule has 2 heterocycles. The summed E-state index contributed by atoms with van der Waals surface area (Å²) < 4.78 is 20.6. The molecule has 2 atom stereocenters. The van der Waals surface area contributed by atoms with Crippen LogP contribution >= 0.6 is 15.9 Å². The van der Waals surface area contributed by atoms with Gasteiger partial charge in [0.1, 0.15) is 12.6 Å². The minimum absolute atomic E-state index is 0.0436. The molecule has 8 nitrogen and oxygen atoms in total. The van der Waals surface area contributed by atoms with Gasteiger partial charge in [-0.2, -0.15) is 0 Å². The number of halogens is 2. The molecule has 0 bridgehead atoms. The molecule has 144 valence electrons. The van der Waals surface area contributed by atoms with Crippen molar-refractivity contribution >= 4 is 38.6 Å². The number of hydrogen-bond donors (Lipinski definition) is 1. The van der Waals surface area contributed by atoms with E-state index in [4.69, 9.17) is 4.74 Å². The molecular weight excluding hydrogens is 433 g/mol. The number of hydrogen-bond acceptors (Lipinski definition) is 6. The molecule has 1 amide bonds. The number of fused-ring (bicyclic) bond motifs is 1. The van der Waals surface area contributed by atoms with E-state index in [-0.39, 0.29) is 18.6 Å². The van der Waals surface area contributed by atoms with E-state index in [1.807, 2.05) is 0 Å². The highest BCUT2D eigenvalue weighted by Gasteiger charge is 2.36. The lowest BCUT2D eigenvalue weighted by Crippen LogP contribution is -2.30. The van der Waals surface area contributed by atoms with Crippen molar-refractivity contribution in [1.82, 2.24) is 19.7 Å². The molecule has 0 aliphatic heterocycles. The average Bonchev–Trinajstić information content (AvgIpc) is 3.35. The van der Waals surface area contributed by atoms with Crippen LogP contribution in [0.2, 0.25) is 0 Å². The van der Waals surface area contributed by atoms with Crippen molar-refractivity contribution in [3.63, 3.8) is 0 Å². The first-order valence-corrected chi connectivity index (χ1v) is 9.34. The summed E-state index contributed by atoms with van der Waals surface area (Å²) >= 11 is 3.39. The molecule has 0 spiro atoms. The smallest absolute Gasteiger partial charge is 0.275 e. The first-order valence-electron chi connectivity index (χ1n) is 8.55. The summed E-state index contributed by atoms with van der Waals surface area (Å²) in [5.74, 6) is -0.525. The van der Waals surface area contributed by atoms with Gasteiger partial charge >= 0.3 is 0 Å². The number of rotatable bonds is 5. The molecule has 2 aromatic heterocycles. The fraction of sp³-hybridized carbons (Fsp3) is 0.278. The topological polar surface area (TPSA) is 99.0 Å². The highest BCUT2D eigenvalue weighted by Crippen LogP contribution is 2.35. The highest BCUT2D eigenvalue weighted by atomic mass is 79.9. The van der Waals surface area contributed by atoms with Crippen molar-refractivity contribution in [2.75, 3.05) is 5.32 Å². The number of anilines is 1. The Hall–Kier alpha value is -2.88. The van der Waals surface area contributed by atoms with Crippen LogP contribution in [-0.2, 0) is 11.3 Å². The van der Waals surface area contributed by atoms with E-state index < -0.39 is 17.3 Å². The zero-order valence-electron chi connectivity index (χ0n) is 14.7. The zero-order valence-corrected chi connectivity index (χ0v) is 16.3. The number of carbonyl (C=O) groups excluding carboxylic acids is 1. The van der Waals surface area contributed by atoms with E-state index in [2.05, 4.69) is 43.2 Å². The molecule has 1 fully saturated rings. The second kappa shape index (κ2) is 7.27. The normalized spacial score (nSPS) is 18.1. The summed E-state index contributed by atoms with van der Waals surface area (Å²) in [6, 6.07) is 5.16. The molecule has 10 heteroatoms. The molecule has 3 aromatic rings. The zero-order chi connectivity index (χ0) is 19.8. The minimum Gasteiger partial charge on any atom is -0.473 e. The molecule has 2 unspecified atom stereocenters. The molecule has 1 N–H and O–H groups in total. The van der Waals surface area contributed by atoms with Crippen molar-refractivity contribution in [1.29, 1.82) is 0 Å². The van der Waals surface area contributed by atoms with Gasteiger partial charge in [0.25, 0.3) is 5.56 Å². The molecule has 0 saturated heterocycles. The third kappa shape index (κ3) is 3.86. The molecule has 1 saturated carbocycles. The maximum atomic E-state index is 12.9. The molecule has 0 radical (unpaired) electrons. The average molecular weight is 448 g/mol. The third-order valence-electron chi connectivity index (χ3n) is 4.35. The number of nitrogens with zero attached hydrogens (tertiary/aromatic N) is 4. The fourth-order valence-electron chi connectivity index (χ4n) is 2.69. The summed E-state index contributed by atoms with van der Waals surface area (Å²) in [6.45, 7) is 1.71. The summed E-state index contributed by atoms with van der Waals surface area (Å²) in [6.07, 6.45) is 2.83. The molecular formula is C18H15BrFN5O3. The minimum atomic E-state index is -0.618. The second-order valence-electron chi connectivity index (χ2n) is 6.60. The Morgan fingerprint density at radius 3 is 2.75 bits per heavy atom. The number of ether oxygens (including phenoxy) is 1. The van der Waals surface area contributed by atoms with Crippen LogP contribution in [0.1, 0.15) is 13.3 Å². The van der Waals surface area contributed by atoms with Gasteiger partial charge < -0.3 is 4.74 Å². The van der Waals surface area contributed by atoms with Gasteiger partial charge in [-0.25, -0.2) is 19.0 Å². The summed E-state index contributed by atoms with van der Waals surface area (Å²) in [5.41, 5.74) is -0.422. The standard InChI is InChI=1S/C18H15BrFN5O3/c1-9-4-14(9)28-16-13-5-10(19)2-3-12(13)17(27)25(24-16)8-15(26)23-18-21-6-11(20)7-22-18/h2-3,5-7,9,14H,4,8H2,1H3,(H,21,22,23,26). The monoisotopic (exact) mass is 447 g/mol. The number of aromatic nitrogens is 4. The van der Waals surface area contributed by atoms with Gasteiger partial charge in [0.05, 0.1) is 23.2 Å². The summed E-state index contributed by atoms with van der Waals surface area (Å²) in [5, 5.41) is 7.63. The van der Waals surface area contributed by atoms with Crippen molar-refractivity contribution in [3.05, 3.63) is 51.2 Å². The molecule has 28 heavy (non-hydrogen) atoms. The second-order valence-corrected chi connectivity index (χ2v) is 7.52. The van der Waals surface area contributed by atoms with Gasteiger partial charge in [-0.05, 0) is 30.5 Å². The van der Waals surface area contributed by atoms with Crippen LogP contribution in [0.15, 0.2) is 39.9 Å². The molecule has 1 aliphatic carbocycles. The van der Waals surface area contributed by atoms with E-state index in [0.29, 0.717) is 22.6 Å². The number of benzene rings is 1. The van der Waals surface area contributed by atoms with Crippen molar-refractivity contribution in [2.45, 2.75) is 26.0 Å². The maximum Gasteiger partial charge on any atom is 0.275 e. The van der Waals surface area contributed by atoms with Crippen LogP contribution < -0.4 is 15.6 Å². The maximum absolute atomic E-state index is 12.9. The van der Waals surface area contributed by atoms with Gasteiger partial charge in [-0.3, -0.25) is 14.9 Å². The van der Waals surface area contributed by atoms with Gasteiger partial charge in [0, 0.05) is 4.47 Å². The summed E-state index contributed by atoms with van der Waals surface area (Å²) in [4.78, 5) is 32.4. The number of nitrogens with one attached hydrogen (secondary N) is 1. The van der Waals surface area contributed by atoms with Crippen LogP contribution in [0, 0.1) is 11.7 Å². The quantitative estimate of drug-likeness (QED) is 0.644. The van der Waals surface area contributed by atoms with Crippen molar-refractivity contribution in [2.24, 2.45) is 5.92 Å². The van der Waals surface area contributed by atoms with Crippen LogP contribution in [0.25, 0.3) is 10.8 Å². The Morgan fingerprint density at radius 2 is 2.07 bits per heavy atom. The van der Waals surface area contributed by atoms with Crippen molar-refractivity contribution < 1.29 is 13.9 Å². The SMILES string of the molecule is CC1CC1Oc1nn(CC(=O)Nc2ncc(F)cn2)c(=O)c2ccc(Br)cc12. The summed E-state index contributed by atoms with van der Waals surface area (Å²) in [7, 11) is 0. The van der Waals surface area contributed by atoms with E-state index in [9.17, 15) is 14.0 Å². The lowest BCUT2D eigenvalue weighted by atomic mass is 10.2. The fourth-order valence-corrected chi connectivity index (χ4v) is 3.06. The predicted molar refractivity (Wildman–Crippen MR) is 103 cm³/mol. The third-order valence-corrected chi connectivity index (χ3v) is 4.85. The predicted octanol–water partition coefficient (Wildman–Crippen LogP) is 2.51. The van der Waals surface area contributed by atoms with E-state index in [1.165, 1.54) is 0 Å². The Labute approximate surface area is 166 Å². The molecule has 1 aliphatic rings. The lowest BCUT2D eigenvalue weighted by molar-refractivity contribution is -0.117. The molecule has 4 rings (SSSR count). The van der Waals surface area contributed by atoms with E-state index in [1.54, 1.807) is 18.2 Å². The lowest BCUT2D eigenvalue weighted by Gasteiger charge is -2.12. The largest absolute Gasteiger partial charge is 0.473 e. The van der Waals surface area contributed by atoms with Gasteiger partial charge in [0.2, 0.25) is 17.7 Å². The van der Waals surface area contributed by atoms with E-state index in [0.717, 1.165) is 28.0 Å². The Kier molecular flexibility index (Phi) is 4.80. The molecule has 1 aromatic carbocycles. The van der Waals surface area contributed by atoms with Crippen molar-refractivity contribution in [3.8, 4) is 5.88 Å². The van der Waals surface area contributed by atoms with Crippen LogP contribution in [0.3, 0.4) is 0 Å². The Balaban J connectivity index is 1.65. The van der Waals surface area contributed by atoms with Gasteiger partial charge in [-0.15, -0.1) is 5.10 Å². The number of amides is 1. The highest BCUT2D eigenvalue weighted by molar-refractivity contribution is 9.10. The van der Waals surface area contributed by atoms with Crippen LogP contribution in [0.4, 0.5) is 10.3 Å². The first-order chi connectivity index (χ1) is 13.4. The Bertz CT molecular complexity index is 1120. The Morgan fingerprint density at radius 1 is 1.36 bits per heavy atom. The number of carbonyl (C=O) groups is 1. The van der Waals surface area contributed by atoms with Gasteiger partial charge in [-0.1, -0.05) is 22.9 Å².